The molecule has 0 spiro atoms. The van der Waals surface area contributed by atoms with Gasteiger partial charge in [-0.15, -0.1) is 10.2 Å². The molecule has 3 rings (SSSR count). The van der Waals surface area contributed by atoms with Crippen LogP contribution in [0.3, 0.4) is 0 Å². The smallest absolute Gasteiger partial charge is 0.271 e. The number of benzene rings is 2. The molecule has 1 amide bonds. The number of fused-ring (bicyclic) bond motifs is 1. The molecule has 0 saturated heterocycles. The van der Waals surface area contributed by atoms with Crippen LogP contribution < -0.4 is 0 Å². The van der Waals surface area contributed by atoms with Gasteiger partial charge < -0.3 is 15.0 Å². The highest BCUT2D eigenvalue weighted by atomic mass is 19.1. The van der Waals surface area contributed by atoms with Gasteiger partial charge >= 0.3 is 0 Å². The number of nitrogens with one attached hydrogen (secondary N) is 1. The lowest BCUT2D eigenvalue weighted by Crippen LogP contribution is -2.10. The Hall–Kier alpha value is -3.32. The second-order valence-corrected chi connectivity index (χ2v) is 7.10. The Bertz CT molecular complexity index is 1070. The standard InChI is InChI=1S/C22H23FN4O2/c1-14(16-7-9-17(23)10-8-16)21(28)26-25-20-18-13-15(5-4-12-27(2)3)6-11-19(18)24-22(20)29/h4-11,13-14,24,29H,12H2,1-3H3/b5-4+,26-25?. The SMILES string of the molecule is CC(C(=O)N=Nc1c(O)[nH]c2ccc(/C=C/CN(C)C)cc12)c1ccc(F)cc1. The maximum Gasteiger partial charge on any atom is 0.271 e. The number of H-pyrrole nitrogens is 1. The first-order valence-electron chi connectivity index (χ1n) is 9.22. The summed E-state index contributed by atoms with van der Waals surface area (Å²) in [6.45, 7) is 2.48. The molecule has 7 heteroatoms. The van der Waals surface area contributed by atoms with Crippen molar-refractivity contribution in [2.45, 2.75) is 12.8 Å². The summed E-state index contributed by atoms with van der Waals surface area (Å²) in [5.41, 5.74) is 2.50. The largest absolute Gasteiger partial charge is 0.493 e. The molecule has 0 aliphatic carbocycles. The van der Waals surface area contributed by atoms with Crippen LogP contribution in [0.2, 0.25) is 0 Å². The van der Waals surface area contributed by atoms with Gasteiger partial charge in [-0.05, 0) is 56.4 Å². The number of halogens is 1. The Kier molecular flexibility index (Phi) is 6.19. The van der Waals surface area contributed by atoms with Crippen molar-refractivity contribution in [1.82, 2.24) is 9.88 Å². The van der Waals surface area contributed by atoms with Crippen LogP contribution >= 0.6 is 0 Å². The molecule has 1 aromatic heterocycles. The van der Waals surface area contributed by atoms with E-state index in [-0.39, 0.29) is 17.4 Å². The quantitative estimate of drug-likeness (QED) is 0.577. The van der Waals surface area contributed by atoms with E-state index in [2.05, 4.69) is 15.2 Å². The first-order valence-corrected chi connectivity index (χ1v) is 9.22. The summed E-state index contributed by atoms with van der Waals surface area (Å²) < 4.78 is 13.1. The Morgan fingerprint density at radius 3 is 2.66 bits per heavy atom. The molecule has 0 aliphatic rings. The van der Waals surface area contributed by atoms with Crippen molar-refractivity contribution in [3.63, 3.8) is 0 Å². The van der Waals surface area contributed by atoms with E-state index in [0.717, 1.165) is 12.1 Å². The van der Waals surface area contributed by atoms with E-state index >= 15 is 0 Å². The second-order valence-electron chi connectivity index (χ2n) is 7.10. The number of hydrogen-bond acceptors (Lipinski definition) is 4. The Labute approximate surface area is 168 Å². The van der Waals surface area contributed by atoms with Crippen molar-refractivity contribution in [2.75, 3.05) is 20.6 Å². The lowest BCUT2D eigenvalue weighted by atomic mass is 10.0. The molecule has 29 heavy (non-hydrogen) atoms. The number of azo groups is 1. The van der Waals surface area contributed by atoms with E-state index in [1.165, 1.54) is 12.1 Å². The van der Waals surface area contributed by atoms with E-state index in [1.54, 1.807) is 19.1 Å². The topological polar surface area (TPSA) is 81.0 Å². The van der Waals surface area contributed by atoms with Gasteiger partial charge in [-0.3, -0.25) is 4.79 Å². The summed E-state index contributed by atoms with van der Waals surface area (Å²) in [5, 5.41) is 18.6. The molecule has 150 valence electrons. The Morgan fingerprint density at radius 2 is 1.97 bits per heavy atom. The number of aromatic nitrogens is 1. The average molecular weight is 394 g/mol. The minimum absolute atomic E-state index is 0.152. The van der Waals surface area contributed by atoms with Crippen LogP contribution in [0.15, 0.2) is 58.8 Å². The number of carbonyl (C=O) groups excluding carboxylic acids is 1. The van der Waals surface area contributed by atoms with Gasteiger partial charge in [-0.25, -0.2) is 4.39 Å². The summed E-state index contributed by atoms with van der Waals surface area (Å²) >= 11 is 0. The molecule has 0 bridgehead atoms. The molecule has 2 N–H and O–H groups in total. The molecule has 1 heterocycles. The van der Waals surface area contributed by atoms with Crippen molar-refractivity contribution in [2.24, 2.45) is 10.2 Å². The zero-order valence-electron chi connectivity index (χ0n) is 16.6. The van der Waals surface area contributed by atoms with Gasteiger partial charge in [0.25, 0.3) is 5.91 Å². The molecule has 1 unspecified atom stereocenters. The maximum atomic E-state index is 13.1. The highest BCUT2D eigenvalue weighted by Gasteiger charge is 2.16. The predicted octanol–water partition coefficient (Wildman–Crippen LogP) is 5.00. The highest BCUT2D eigenvalue weighted by molar-refractivity contribution is 5.96. The molecule has 3 aromatic rings. The van der Waals surface area contributed by atoms with E-state index in [0.29, 0.717) is 16.5 Å². The first-order chi connectivity index (χ1) is 13.8. The van der Waals surface area contributed by atoms with E-state index < -0.39 is 11.8 Å². The third kappa shape index (κ3) is 4.94. The second kappa shape index (κ2) is 8.79. The number of aromatic hydroxyl groups is 1. The zero-order valence-corrected chi connectivity index (χ0v) is 16.6. The first kappa shape index (κ1) is 20.4. The van der Waals surface area contributed by atoms with Gasteiger partial charge in [0.1, 0.15) is 5.82 Å². The van der Waals surface area contributed by atoms with Crippen LogP contribution in [0.1, 0.15) is 24.0 Å². The molecule has 2 aromatic carbocycles. The molecule has 0 saturated carbocycles. The summed E-state index contributed by atoms with van der Waals surface area (Å²) in [6, 6.07) is 11.3. The molecule has 0 aliphatic heterocycles. The van der Waals surface area contributed by atoms with Gasteiger partial charge in [-0.2, -0.15) is 0 Å². The number of aromatic amines is 1. The molecule has 6 nitrogen and oxygen atoms in total. The average Bonchev–Trinajstić information content (AvgIpc) is 3.00. The van der Waals surface area contributed by atoms with Crippen molar-refractivity contribution < 1.29 is 14.3 Å². The summed E-state index contributed by atoms with van der Waals surface area (Å²) in [6.07, 6.45) is 4.01. The lowest BCUT2D eigenvalue weighted by Gasteiger charge is -2.06. The molecular weight excluding hydrogens is 371 g/mol. The fraction of sp³-hybridized carbons (Fsp3) is 0.227. The summed E-state index contributed by atoms with van der Waals surface area (Å²) in [4.78, 5) is 17.3. The normalized spacial score (nSPS) is 13.1. The Morgan fingerprint density at radius 1 is 1.24 bits per heavy atom. The van der Waals surface area contributed by atoms with Crippen LogP contribution in [0.5, 0.6) is 5.88 Å². The van der Waals surface area contributed by atoms with Crippen molar-refractivity contribution in [1.29, 1.82) is 0 Å². The van der Waals surface area contributed by atoms with Crippen LogP contribution in [-0.4, -0.2) is 41.5 Å². The number of likely N-dealkylation sites (N-methyl/N-ethyl adjacent to an activating group) is 1. The number of carbonyl (C=O) groups is 1. The van der Waals surface area contributed by atoms with Crippen molar-refractivity contribution in [3.8, 4) is 5.88 Å². The monoisotopic (exact) mass is 394 g/mol. The van der Waals surface area contributed by atoms with Gasteiger partial charge in [0.2, 0.25) is 5.88 Å². The fourth-order valence-corrected chi connectivity index (χ4v) is 2.87. The molecular formula is C22H23FN4O2. The number of amides is 1. The Balaban J connectivity index is 1.84. The molecule has 0 radical (unpaired) electrons. The maximum absolute atomic E-state index is 13.1. The summed E-state index contributed by atoms with van der Waals surface area (Å²) in [7, 11) is 3.97. The van der Waals surface area contributed by atoms with Gasteiger partial charge in [-0.1, -0.05) is 30.4 Å². The van der Waals surface area contributed by atoms with E-state index in [1.807, 2.05) is 49.3 Å². The number of nitrogens with zero attached hydrogens (tertiary/aromatic N) is 3. The van der Waals surface area contributed by atoms with E-state index in [4.69, 9.17) is 0 Å². The third-order valence-corrected chi connectivity index (χ3v) is 4.55. The minimum Gasteiger partial charge on any atom is -0.493 e. The van der Waals surface area contributed by atoms with Crippen LogP contribution in [0.4, 0.5) is 10.1 Å². The highest BCUT2D eigenvalue weighted by Crippen LogP contribution is 2.36. The minimum atomic E-state index is -0.573. The van der Waals surface area contributed by atoms with Crippen molar-refractivity contribution in [3.05, 3.63) is 65.5 Å². The lowest BCUT2D eigenvalue weighted by molar-refractivity contribution is -0.119. The molecule has 1 atom stereocenters. The third-order valence-electron chi connectivity index (χ3n) is 4.55. The zero-order chi connectivity index (χ0) is 21.0. The van der Waals surface area contributed by atoms with Gasteiger partial charge in [0, 0.05) is 11.9 Å². The number of rotatable bonds is 6. The summed E-state index contributed by atoms with van der Waals surface area (Å²) in [5.74, 6) is -1.57. The van der Waals surface area contributed by atoms with Gasteiger partial charge in [0.05, 0.1) is 11.4 Å². The molecule has 0 fully saturated rings. The van der Waals surface area contributed by atoms with Crippen LogP contribution in [0, 0.1) is 5.82 Å². The van der Waals surface area contributed by atoms with E-state index in [9.17, 15) is 14.3 Å². The van der Waals surface area contributed by atoms with Gasteiger partial charge in [0.15, 0.2) is 5.69 Å². The van der Waals surface area contributed by atoms with Crippen molar-refractivity contribution >= 4 is 28.6 Å². The predicted molar refractivity (Wildman–Crippen MR) is 112 cm³/mol. The van der Waals surface area contributed by atoms with Crippen LogP contribution in [0.25, 0.3) is 17.0 Å². The fourth-order valence-electron chi connectivity index (χ4n) is 2.87. The van der Waals surface area contributed by atoms with Crippen LogP contribution in [-0.2, 0) is 4.79 Å². The number of hydrogen-bond donors (Lipinski definition) is 2.